The molecule has 1 saturated heterocycles. The van der Waals surface area contributed by atoms with E-state index in [0.29, 0.717) is 10.8 Å². The van der Waals surface area contributed by atoms with Gasteiger partial charge in [-0.1, -0.05) is 28.5 Å². The summed E-state index contributed by atoms with van der Waals surface area (Å²) in [5, 5.41) is 0.589. The highest BCUT2D eigenvalue weighted by Gasteiger charge is 2.32. The molecule has 2 amide bonds. The lowest BCUT2D eigenvalue weighted by Crippen LogP contribution is -2.32. The molecule has 1 heterocycles. The van der Waals surface area contributed by atoms with E-state index in [-0.39, 0.29) is 19.3 Å². The maximum absolute atomic E-state index is 11.3. The van der Waals surface area contributed by atoms with Crippen molar-refractivity contribution in [2.75, 3.05) is 11.5 Å². The fourth-order valence-electron chi connectivity index (χ4n) is 1.13. The van der Waals surface area contributed by atoms with E-state index in [1.54, 1.807) is 21.6 Å². The number of nitrogens with zero attached hydrogens (tertiary/aromatic N) is 1. The summed E-state index contributed by atoms with van der Waals surface area (Å²) in [5.74, 6) is 0.272. The van der Waals surface area contributed by atoms with Crippen LogP contribution in [0.5, 0.6) is 0 Å². The molecule has 17 heavy (non-hydrogen) atoms. The molecule has 96 valence electrons. The summed E-state index contributed by atoms with van der Waals surface area (Å²) in [5.41, 5.74) is 0. The number of imide groups is 1. The molecule has 0 unspecified atom stereocenters. The number of carbonyl (C=O) groups is 3. The lowest BCUT2D eigenvalue weighted by atomic mass is 10.4. The van der Waals surface area contributed by atoms with Crippen molar-refractivity contribution >= 4 is 39.4 Å². The van der Waals surface area contributed by atoms with E-state index in [2.05, 4.69) is 6.92 Å². The van der Waals surface area contributed by atoms with E-state index < -0.39 is 17.8 Å². The minimum absolute atomic E-state index is 0.132. The Morgan fingerprint density at radius 3 is 2.41 bits per heavy atom. The second kappa shape index (κ2) is 7.60. The SMILES string of the molecule is CCCSSCCC(=O)ON1C(=O)CCC1=O. The Morgan fingerprint density at radius 1 is 1.24 bits per heavy atom. The zero-order chi connectivity index (χ0) is 12.7. The third kappa shape index (κ3) is 4.99. The van der Waals surface area contributed by atoms with Crippen molar-refractivity contribution < 1.29 is 19.2 Å². The lowest BCUT2D eigenvalue weighted by Gasteiger charge is -2.12. The van der Waals surface area contributed by atoms with Gasteiger partial charge in [-0.15, -0.1) is 5.06 Å². The van der Waals surface area contributed by atoms with Crippen molar-refractivity contribution in [2.24, 2.45) is 0 Å². The molecule has 0 bridgehead atoms. The number of rotatable bonds is 7. The Labute approximate surface area is 108 Å². The molecule has 1 aliphatic rings. The standard InChI is InChI=1S/C10H15NO4S2/c1-2-6-16-17-7-5-10(14)15-11-8(12)3-4-9(11)13/h2-7H2,1H3. The average molecular weight is 277 g/mol. The molecular formula is C10H15NO4S2. The van der Waals surface area contributed by atoms with Gasteiger partial charge in [0.2, 0.25) is 0 Å². The summed E-state index contributed by atoms with van der Waals surface area (Å²) in [6.07, 6.45) is 1.57. The maximum Gasteiger partial charge on any atom is 0.334 e. The molecule has 1 rings (SSSR count). The molecule has 0 radical (unpaired) electrons. The van der Waals surface area contributed by atoms with E-state index in [0.717, 1.165) is 12.2 Å². The summed E-state index contributed by atoms with van der Waals surface area (Å²) >= 11 is 0. The van der Waals surface area contributed by atoms with E-state index in [1.807, 2.05) is 0 Å². The maximum atomic E-state index is 11.3. The minimum Gasteiger partial charge on any atom is -0.330 e. The quantitative estimate of drug-likeness (QED) is 0.401. The second-order valence-corrected chi connectivity index (χ2v) is 6.14. The first-order valence-electron chi connectivity index (χ1n) is 5.46. The van der Waals surface area contributed by atoms with Crippen LogP contribution in [0.2, 0.25) is 0 Å². The fourth-order valence-corrected chi connectivity index (χ4v) is 3.24. The number of carbonyl (C=O) groups excluding carboxylic acids is 3. The summed E-state index contributed by atoms with van der Waals surface area (Å²) < 4.78 is 0. The molecule has 0 aromatic carbocycles. The van der Waals surface area contributed by atoms with Crippen LogP contribution >= 0.6 is 21.6 Å². The number of hydroxylamine groups is 2. The Kier molecular flexibility index (Phi) is 6.43. The third-order valence-electron chi connectivity index (χ3n) is 1.96. The van der Waals surface area contributed by atoms with Gasteiger partial charge in [0, 0.05) is 24.3 Å². The molecule has 0 aliphatic carbocycles. The first kappa shape index (κ1) is 14.4. The third-order valence-corrected chi connectivity index (χ3v) is 4.57. The molecule has 5 nitrogen and oxygen atoms in total. The zero-order valence-electron chi connectivity index (χ0n) is 9.64. The summed E-state index contributed by atoms with van der Waals surface area (Å²) in [4.78, 5) is 38.4. The molecule has 0 aromatic heterocycles. The molecule has 0 aromatic rings. The largest absolute Gasteiger partial charge is 0.334 e. The Bertz CT molecular complexity index is 293. The molecule has 0 N–H and O–H groups in total. The smallest absolute Gasteiger partial charge is 0.330 e. The van der Waals surface area contributed by atoms with E-state index in [1.165, 1.54) is 0 Å². The molecule has 0 atom stereocenters. The van der Waals surface area contributed by atoms with E-state index >= 15 is 0 Å². The van der Waals surface area contributed by atoms with Gasteiger partial charge in [0.05, 0.1) is 6.42 Å². The number of hydrogen-bond acceptors (Lipinski definition) is 6. The fraction of sp³-hybridized carbons (Fsp3) is 0.700. The van der Waals surface area contributed by atoms with Gasteiger partial charge in [0.1, 0.15) is 0 Å². The van der Waals surface area contributed by atoms with Crippen molar-refractivity contribution in [3.8, 4) is 0 Å². The van der Waals surface area contributed by atoms with E-state index in [4.69, 9.17) is 4.84 Å². The zero-order valence-corrected chi connectivity index (χ0v) is 11.3. The highest BCUT2D eigenvalue weighted by Crippen LogP contribution is 2.22. The van der Waals surface area contributed by atoms with Gasteiger partial charge in [-0.25, -0.2) is 4.79 Å². The van der Waals surface area contributed by atoms with Crippen LogP contribution in [0, 0.1) is 0 Å². The van der Waals surface area contributed by atoms with Gasteiger partial charge in [-0.3, -0.25) is 9.59 Å². The summed E-state index contributed by atoms with van der Waals surface area (Å²) in [6.45, 7) is 2.09. The summed E-state index contributed by atoms with van der Waals surface area (Å²) in [7, 11) is 3.29. The highest BCUT2D eigenvalue weighted by atomic mass is 33.1. The van der Waals surface area contributed by atoms with Gasteiger partial charge in [0.25, 0.3) is 11.8 Å². The molecule has 1 aliphatic heterocycles. The summed E-state index contributed by atoms with van der Waals surface area (Å²) in [6, 6.07) is 0. The van der Waals surface area contributed by atoms with E-state index in [9.17, 15) is 14.4 Å². The van der Waals surface area contributed by atoms with Crippen molar-refractivity contribution in [1.82, 2.24) is 5.06 Å². The Hall–Kier alpha value is -0.690. The highest BCUT2D eigenvalue weighted by molar-refractivity contribution is 8.76. The molecule has 7 heteroatoms. The van der Waals surface area contributed by atoms with Gasteiger partial charge in [-0.2, -0.15) is 0 Å². The van der Waals surface area contributed by atoms with Crippen LogP contribution < -0.4 is 0 Å². The molecular weight excluding hydrogens is 262 g/mol. The van der Waals surface area contributed by atoms with Crippen LogP contribution in [-0.2, 0) is 19.2 Å². The van der Waals surface area contributed by atoms with Crippen LogP contribution in [0.4, 0.5) is 0 Å². The Balaban J connectivity index is 2.16. The van der Waals surface area contributed by atoms with Crippen LogP contribution in [0.3, 0.4) is 0 Å². The van der Waals surface area contributed by atoms with Crippen molar-refractivity contribution in [3.63, 3.8) is 0 Å². The molecule has 0 spiro atoms. The number of hydrogen-bond donors (Lipinski definition) is 0. The second-order valence-electron chi connectivity index (χ2n) is 3.44. The Morgan fingerprint density at radius 2 is 1.82 bits per heavy atom. The van der Waals surface area contributed by atoms with Gasteiger partial charge < -0.3 is 4.84 Å². The predicted octanol–water partition coefficient (Wildman–Crippen LogP) is 1.78. The lowest BCUT2D eigenvalue weighted by molar-refractivity contribution is -0.197. The normalized spacial score (nSPS) is 15.5. The first-order chi connectivity index (χ1) is 8.15. The molecule has 1 fully saturated rings. The van der Waals surface area contributed by atoms with Crippen LogP contribution in [0.25, 0.3) is 0 Å². The van der Waals surface area contributed by atoms with Gasteiger partial charge >= 0.3 is 5.97 Å². The predicted molar refractivity (Wildman–Crippen MR) is 67.0 cm³/mol. The van der Waals surface area contributed by atoms with Crippen LogP contribution in [-0.4, -0.2) is 34.4 Å². The van der Waals surface area contributed by atoms with Crippen molar-refractivity contribution in [1.29, 1.82) is 0 Å². The average Bonchev–Trinajstić information content (AvgIpc) is 2.60. The van der Waals surface area contributed by atoms with Gasteiger partial charge in [0.15, 0.2) is 0 Å². The minimum atomic E-state index is -0.529. The number of amides is 2. The van der Waals surface area contributed by atoms with Crippen molar-refractivity contribution in [3.05, 3.63) is 0 Å². The van der Waals surface area contributed by atoms with Crippen LogP contribution in [0.1, 0.15) is 32.6 Å². The van der Waals surface area contributed by atoms with Crippen LogP contribution in [0.15, 0.2) is 0 Å². The van der Waals surface area contributed by atoms with Crippen molar-refractivity contribution in [2.45, 2.75) is 32.6 Å². The van der Waals surface area contributed by atoms with Gasteiger partial charge in [-0.05, 0) is 6.42 Å². The first-order valence-corrected chi connectivity index (χ1v) is 7.95. The topological polar surface area (TPSA) is 63.7 Å². The monoisotopic (exact) mass is 277 g/mol. The molecule has 0 saturated carbocycles.